The number of carbonyl (C=O) groups is 2. The summed E-state index contributed by atoms with van der Waals surface area (Å²) in [5.41, 5.74) is 0.697. The van der Waals surface area contributed by atoms with Gasteiger partial charge in [0.15, 0.2) is 6.61 Å². The SMILES string of the molecule is C[S@@](=O)c1ccccc1C(=O)OCC(=O)N(CC#N)c1ccccc1. The van der Waals surface area contributed by atoms with E-state index in [4.69, 9.17) is 10.00 Å². The summed E-state index contributed by atoms with van der Waals surface area (Å²) >= 11 is 0. The van der Waals surface area contributed by atoms with Gasteiger partial charge in [0.05, 0.1) is 27.3 Å². The van der Waals surface area contributed by atoms with E-state index in [9.17, 15) is 13.8 Å². The average Bonchev–Trinajstić information content (AvgIpc) is 2.64. The quantitative estimate of drug-likeness (QED) is 0.584. The molecule has 0 aliphatic carbocycles. The van der Waals surface area contributed by atoms with Gasteiger partial charge in [-0.3, -0.25) is 13.9 Å². The molecule has 0 aliphatic rings. The maximum Gasteiger partial charge on any atom is 0.339 e. The molecule has 0 heterocycles. The number of esters is 1. The number of anilines is 1. The largest absolute Gasteiger partial charge is 0.452 e. The molecule has 2 rings (SSSR count). The fourth-order valence-corrected chi connectivity index (χ4v) is 2.90. The molecule has 2 aromatic carbocycles. The highest BCUT2D eigenvalue weighted by molar-refractivity contribution is 7.84. The summed E-state index contributed by atoms with van der Waals surface area (Å²) in [6.45, 7) is -0.671. The van der Waals surface area contributed by atoms with Gasteiger partial charge in [-0.15, -0.1) is 0 Å². The standard InChI is InChI=1S/C18H16N2O4S/c1-25(23)16-10-6-5-9-15(16)18(22)24-13-17(21)20(12-11-19)14-7-3-2-4-8-14/h2-10H,12-13H2,1H3/t25-/m1/s1. The third-order valence-electron chi connectivity index (χ3n) is 3.34. The van der Waals surface area contributed by atoms with Crippen molar-refractivity contribution in [1.82, 2.24) is 0 Å². The molecule has 6 nitrogen and oxygen atoms in total. The summed E-state index contributed by atoms with van der Waals surface area (Å²) in [4.78, 5) is 26.1. The van der Waals surface area contributed by atoms with Crippen LogP contribution in [0.15, 0.2) is 59.5 Å². The Bertz CT molecular complexity index is 830. The molecular formula is C18H16N2O4S. The van der Waals surface area contributed by atoms with Crippen molar-refractivity contribution in [1.29, 1.82) is 5.26 Å². The van der Waals surface area contributed by atoms with Crippen LogP contribution in [0.4, 0.5) is 5.69 Å². The Morgan fingerprint density at radius 2 is 1.76 bits per heavy atom. The molecule has 7 heteroatoms. The lowest BCUT2D eigenvalue weighted by atomic mass is 10.2. The second kappa shape index (κ2) is 8.76. The summed E-state index contributed by atoms with van der Waals surface area (Å²) in [6, 6.07) is 16.9. The molecule has 0 aliphatic heterocycles. The van der Waals surface area contributed by atoms with Crippen LogP contribution in [0.3, 0.4) is 0 Å². The molecule has 0 spiro atoms. The maximum absolute atomic E-state index is 12.3. The lowest BCUT2D eigenvalue weighted by molar-refractivity contribution is -0.121. The third kappa shape index (κ3) is 4.75. The highest BCUT2D eigenvalue weighted by Gasteiger charge is 2.20. The fraction of sp³-hybridized carbons (Fsp3) is 0.167. The van der Waals surface area contributed by atoms with E-state index in [1.807, 2.05) is 6.07 Å². The van der Waals surface area contributed by atoms with Crippen LogP contribution in [0.1, 0.15) is 10.4 Å². The Kier molecular flexibility index (Phi) is 6.43. The van der Waals surface area contributed by atoms with Gasteiger partial charge in [0.2, 0.25) is 0 Å². The third-order valence-corrected chi connectivity index (χ3v) is 4.32. The highest BCUT2D eigenvalue weighted by Crippen LogP contribution is 2.15. The predicted molar refractivity (Wildman–Crippen MR) is 93.5 cm³/mol. The highest BCUT2D eigenvalue weighted by atomic mass is 32.2. The van der Waals surface area contributed by atoms with Crippen molar-refractivity contribution >= 4 is 28.4 Å². The molecular weight excluding hydrogens is 340 g/mol. The average molecular weight is 356 g/mol. The number of nitrogens with zero attached hydrogens (tertiary/aromatic N) is 2. The van der Waals surface area contributed by atoms with E-state index in [1.165, 1.54) is 17.2 Å². The number of hydrogen-bond acceptors (Lipinski definition) is 5. The van der Waals surface area contributed by atoms with E-state index in [0.29, 0.717) is 10.6 Å². The Labute approximate surface area is 148 Å². The number of benzene rings is 2. The van der Waals surface area contributed by atoms with Crippen molar-refractivity contribution in [2.75, 3.05) is 24.3 Å². The number of nitriles is 1. The molecule has 1 amide bonds. The Balaban J connectivity index is 2.09. The molecule has 25 heavy (non-hydrogen) atoms. The number of carbonyl (C=O) groups excluding carboxylic acids is 2. The molecule has 0 saturated carbocycles. The van der Waals surface area contributed by atoms with Crippen molar-refractivity contribution < 1.29 is 18.5 Å². The zero-order chi connectivity index (χ0) is 18.2. The van der Waals surface area contributed by atoms with Crippen LogP contribution in [0.2, 0.25) is 0 Å². The van der Waals surface area contributed by atoms with Gasteiger partial charge in [-0.1, -0.05) is 30.3 Å². The van der Waals surface area contributed by atoms with E-state index in [2.05, 4.69) is 0 Å². The monoisotopic (exact) mass is 356 g/mol. The summed E-state index contributed by atoms with van der Waals surface area (Å²) in [7, 11) is -1.36. The van der Waals surface area contributed by atoms with Gasteiger partial charge in [-0.25, -0.2) is 4.79 Å². The molecule has 2 aromatic rings. The van der Waals surface area contributed by atoms with Crippen molar-refractivity contribution in [3.8, 4) is 6.07 Å². The van der Waals surface area contributed by atoms with Crippen LogP contribution in [0, 0.1) is 11.3 Å². The summed E-state index contributed by atoms with van der Waals surface area (Å²) in [5.74, 6) is -1.25. The van der Waals surface area contributed by atoms with Crippen molar-refractivity contribution in [3.05, 3.63) is 60.2 Å². The number of ether oxygens (including phenoxy) is 1. The van der Waals surface area contributed by atoms with Crippen molar-refractivity contribution in [2.24, 2.45) is 0 Å². The first kappa shape index (κ1) is 18.4. The molecule has 0 N–H and O–H groups in total. The first-order valence-corrected chi connectivity index (χ1v) is 8.92. The molecule has 128 valence electrons. The topological polar surface area (TPSA) is 87.5 Å². The van der Waals surface area contributed by atoms with E-state index >= 15 is 0 Å². The van der Waals surface area contributed by atoms with Crippen LogP contribution >= 0.6 is 0 Å². The molecule has 0 unspecified atom stereocenters. The van der Waals surface area contributed by atoms with Gasteiger partial charge in [0, 0.05) is 11.9 Å². The Hall–Kier alpha value is -2.98. The second-order valence-corrected chi connectivity index (χ2v) is 6.35. The summed E-state index contributed by atoms with van der Waals surface area (Å²) in [5, 5.41) is 8.91. The lowest BCUT2D eigenvalue weighted by Crippen LogP contribution is -2.35. The smallest absolute Gasteiger partial charge is 0.339 e. The van der Waals surface area contributed by atoms with Crippen LogP contribution in [-0.4, -0.2) is 35.5 Å². The number of amides is 1. The first-order valence-electron chi connectivity index (χ1n) is 7.36. The zero-order valence-corrected chi connectivity index (χ0v) is 14.4. The molecule has 0 radical (unpaired) electrons. The van der Waals surface area contributed by atoms with Gasteiger partial charge in [-0.05, 0) is 24.3 Å². The fourth-order valence-electron chi connectivity index (χ4n) is 2.17. The van der Waals surface area contributed by atoms with Gasteiger partial charge in [0.25, 0.3) is 5.91 Å². The summed E-state index contributed by atoms with van der Waals surface area (Å²) in [6.07, 6.45) is 1.46. The minimum absolute atomic E-state index is 0.155. The predicted octanol–water partition coefficient (Wildman–Crippen LogP) is 2.14. The molecule has 0 fully saturated rings. The van der Waals surface area contributed by atoms with Crippen LogP contribution in [-0.2, 0) is 20.3 Å². The summed E-state index contributed by atoms with van der Waals surface area (Å²) < 4.78 is 16.7. The second-order valence-electron chi connectivity index (χ2n) is 5.00. The van der Waals surface area contributed by atoms with E-state index in [1.54, 1.807) is 48.5 Å². The molecule has 0 aromatic heterocycles. The molecule has 0 bridgehead atoms. The Morgan fingerprint density at radius 1 is 1.12 bits per heavy atom. The van der Waals surface area contributed by atoms with Gasteiger partial charge in [0.1, 0.15) is 6.54 Å². The van der Waals surface area contributed by atoms with Gasteiger partial charge in [-0.2, -0.15) is 5.26 Å². The van der Waals surface area contributed by atoms with Crippen molar-refractivity contribution in [3.63, 3.8) is 0 Å². The number of para-hydroxylation sites is 1. The van der Waals surface area contributed by atoms with Crippen molar-refractivity contribution in [2.45, 2.75) is 4.90 Å². The van der Waals surface area contributed by atoms with Crippen LogP contribution in [0.5, 0.6) is 0 Å². The normalized spacial score (nSPS) is 11.2. The van der Waals surface area contributed by atoms with Crippen LogP contribution < -0.4 is 4.90 Å². The van der Waals surface area contributed by atoms with E-state index in [-0.39, 0.29) is 12.1 Å². The molecule has 1 atom stereocenters. The minimum Gasteiger partial charge on any atom is -0.452 e. The Morgan fingerprint density at radius 3 is 2.40 bits per heavy atom. The van der Waals surface area contributed by atoms with E-state index < -0.39 is 29.3 Å². The van der Waals surface area contributed by atoms with E-state index in [0.717, 1.165) is 0 Å². The minimum atomic E-state index is -1.36. The maximum atomic E-state index is 12.3. The molecule has 0 saturated heterocycles. The first-order chi connectivity index (χ1) is 12.0. The lowest BCUT2D eigenvalue weighted by Gasteiger charge is -2.19. The van der Waals surface area contributed by atoms with Gasteiger partial charge < -0.3 is 4.74 Å². The zero-order valence-electron chi connectivity index (χ0n) is 13.5. The number of hydrogen-bond donors (Lipinski definition) is 0. The van der Waals surface area contributed by atoms with Crippen LogP contribution in [0.25, 0.3) is 0 Å². The van der Waals surface area contributed by atoms with Gasteiger partial charge >= 0.3 is 5.97 Å². The number of rotatable bonds is 6.